The lowest BCUT2D eigenvalue weighted by atomic mass is 10.1. The summed E-state index contributed by atoms with van der Waals surface area (Å²) in [6.45, 7) is 7.70. The molecule has 1 aromatic heterocycles. The maximum atomic E-state index is 10.6. The number of hydrogen-bond acceptors (Lipinski definition) is 4. The predicted molar refractivity (Wildman–Crippen MR) is 77.3 cm³/mol. The van der Waals surface area contributed by atoms with Crippen molar-refractivity contribution >= 4 is 12.3 Å². The van der Waals surface area contributed by atoms with Gasteiger partial charge in [0, 0.05) is 18.8 Å². The minimum Gasteiger partial charge on any atom is -0.478 e. The molecule has 0 bridgehead atoms. The number of aromatic carboxylic acids is 1. The quantitative estimate of drug-likeness (QED) is 0.720. The third-order valence-corrected chi connectivity index (χ3v) is 3.45. The molecule has 0 aliphatic carbocycles. The van der Waals surface area contributed by atoms with Gasteiger partial charge in [-0.1, -0.05) is 0 Å². The monoisotopic (exact) mass is 281 g/mol. The second-order valence-corrected chi connectivity index (χ2v) is 4.92. The van der Waals surface area contributed by atoms with Crippen molar-refractivity contribution in [1.82, 2.24) is 9.88 Å². The highest BCUT2D eigenvalue weighted by atomic mass is 16.4. The molecule has 0 atom stereocenters. The molecule has 0 unspecified atom stereocenters. The number of likely N-dealkylation sites (tertiary alicyclic amines) is 1. The van der Waals surface area contributed by atoms with E-state index in [2.05, 4.69) is 9.88 Å². The van der Waals surface area contributed by atoms with E-state index in [9.17, 15) is 9.59 Å². The maximum absolute atomic E-state index is 10.6. The zero-order chi connectivity index (χ0) is 15.1. The molecule has 1 aliphatic rings. The standard InChI is InChI=1S/C8H9NO3.C6H14N2/c1-4-6(3-10)9-5(2)7(4)8(11)12;7-3-6-8-4-1-2-5-8/h3,9H,1-2H3,(H,11,12);1-7H2. The van der Waals surface area contributed by atoms with Gasteiger partial charge in [-0.2, -0.15) is 0 Å². The number of aromatic nitrogens is 1. The smallest absolute Gasteiger partial charge is 0.337 e. The number of carboxylic acids is 1. The van der Waals surface area contributed by atoms with Crippen molar-refractivity contribution in [2.75, 3.05) is 26.2 Å². The molecular weight excluding hydrogens is 258 g/mol. The fourth-order valence-corrected chi connectivity index (χ4v) is 2.40. The summed E-state index contributed by atoms with van der Waals surface area (Å²) in [4.78, 5) is 26.1. The molecule has 0 amide bonds. The molecule has 0 aromatic carbocycles. The number of carbonyl (C=O) groups is 2. The molecule has 4 N–H and O–H groups in total. The van der Waals surface area contributed by atoms with Gasteiger partial charge in [0.1, 0.15) is 0 Å². The van der Waals surface area contributed by atoms with Crippen molar-refractivity contribution in [3.05, 3.63) is 22.5 Å². The first kappa shape index (κ1) is 16.4. The number of H-pyrrole nitrogens is 1. The molecule has 6 heteroatoms. The van der Waals surface area contributed by atoms with Gasteiger partial charge in [-0.25, -0.2) is 4.79 Å². The van der Waals surface area contributed by atoms with Gasteiger partial charge in [0.05, 0.1) is 11.3 Å². The van der Waals surface area contributed by atoms with E-state index in [1.165, 1.54) is 25.9 Å². The van der Waals surface area contributed by atoms with Crippen molar-refractivity contribution in [1.29, 1.82) is 0 Å². The number of carbonyl (C=O) groups excluding carboxylic acids is 1. The Morgan fingerprint density at radius 3 is 2.35 bits per heavy atom. The van der Waals surface area contributed by atoms with E-state index in [1.54, 1.807) is 13.8 Å². The number of aldehydes is 1. The Morgan fingerprint density at radius 1 is 1.40 bits per heavy atom. The molecule has 6 nitrogen and oxygen atoms in total. The molecule has 1 aliphatic heterocycles. The van der Waals surface area contributed by atoms with Crippen LogP contribution in [0, 0.1) is 13.8 Å². The van der Waals surface area contributed by atoms with Crippen molar-refractivity contribution < 1.29 is 14.7 Å². The normalized spacial score (nSPS) is 14.8. The SMILES string of the molecule is Cc1[nH]c(C=O)c(C)c1C(=O)O.NCCN1CCCC1. The Morgan fingerprint density at radius 2 is 2.00 bits per heavy atom. The lowest BCUT2D eigenvalue weighted by Crippen LogP contribution is -2.26. The molecule has 0 radical (unpaired) electrons. The number of nitrogens with zero attached hydrogens (tertiary/aromatic N) is 1. The number of nitrogens with two attached hydrogens (primary N) is 1. The fourth-order valence-electron chi connectivity index (χ4n) is 2.40. The number of nitrogens with one attached hydrogen (secondary N) is 1. The van der Waals surface area contributed by atoms with Gasteiger partial charge in [0.25, 0.3) is 0 Å². The molecule has 2 heterocycles. The van der Waals surface area contributed by atoms with Crippen molar-refractivity contribution in [3.63, 3.8) is 0 Å². The largest absolute Gasteiger partial charge is 0.478 e. The highest BCUT2D eigenvalue weighted by Crippen LogP contribution is 2.15. The average molecular weight is 281 g/mol. The van der Waals surface area contributed by atoms with Crippen molar-refractivity contribution in [2.24, 2.45) is 5.73 Å². The molecule has 2 rings (SSSR count). The Balaban J connectivity index is 0.000000217. The zero-order valence-corrected chi connectivity index (χ0v) is 12.1. The van der Waals surface area contributed by atoms with E-state index in [1.807, 2.05) is 0 Å². The van der Waals surface area contributed by atoms with E-state index in [4.69, 9.17) is 10.8 Å². The van der Waals surface area contributed by atoms with Gasteiger partial charge in [-0.3, -0.25) is 4.79 Å². The summed E-state index contributed by atoms with van der Waals surface area (Å²) < 4.78 is 0. The summed E-state index contributed by atoms with van der Waals surface area (Å²) in [6.07, 6.45) is 3.37. The van der Waals surface area contributed by atoms with Crippen LogP contribution < -0.4 is 5.73 Å². The lowest BCUT2D eigenvalue weighted by Gasteiger charge is -2.11. The van der Waals surface area contributed by atoms with E-state index in [0.717, 1.165) is 13.1 Å². The van der Waals surface area contributed by atoms with Crippen LogP contribution in [-0.2, 0) is 0 Å². The van der Waals surface area contributed by atoms with E-state index >= 15 is 0 Å². The molecule has 0 spiro atoms. The van der Waals surface area contributed by atoms with E-state index in [-0.39, 0.29) is 5.56 Å². The second-order valence-electron chi connectivity index (χ2n) is 4.92. The van der Waals surface area contributed by atoms with Crippen LogP contribution in [0.5, 0.6) is 0 Å². The molecule has 1 aromatic rings. The summed E-state index contributed by atoms with van der Waals surface area (Å²) in [5.41, 5.74) is 6.91. The average Bonchev–Trinajstić information content (AvgIpc) is 2.98. The second kappa shape index (κ2) is 7.81. The highest BCUT2D eigenvalue weighted by Gasteiger charge is 2.16. The first-order chi connectivity index (χ1) is 9.51. The fraction of sp³-hybridized carbons (Fsp3) is 0.571. The molecular formula is C14H23N3O3. The van der Waals surface area contributed by atoms with Crippen LogP contribution in [0.2, 0.25) is 0 Å². The Hall–Kier alpha value is -1.66. The van der Waals surface area contributed by atoms with Crippen LogP contribution in [0.15, 0.2) is 0 Å². The van der Waals surface area contributed by atoms with Crippen LogP contribution in [-0.4, -0.2) is 53.4 Å². The number of aromatic amines is 1. The summed E-state index contributed by atoms with van der Waals surface area (Å²) in [5.74, 6) is -1.01. The zero-order valence-electron chi connectivity index (χ0n) is 12.1. The Kier molecular flexibility index (Phi) is 6.41. The van der Waals surface area contributed by atoms with E-state index < -0.39 is 5.97 Å². The first-order valence-corrected chi connectivity index (χ1v) is 6.81. The number of aryl methyl sites for hydroxylation is 1. The van der Waals surface area contributed by atoms with Gasteiger partial charge in [-0.05, 0) is 45.3 Å². The third kappa shape index (κ3) is 4.18. The molecule has 20 heavy (non-hydrogen) atoms. The Labute approximate surface area is 119 Å². The van der Waals surface area contributed by atoms with Gasteiger partial charge in [-0.15, -0.1) is 0 Å². The van der Waals surface area contributed by atoms with Gasteiger partial charge >= 0.3 is 5.97 Å². The summed E-state index contributed by atoms with van der Waals surface area (Å²) in [5, 5.41) is 8.72. The molecule has 0 saturated carbocycles. The molecule has 112 valence electrons. The van der Waals surface area contributed by atoms with Crippen LogP contribution in [0.1, 0.15) is 44.9 Å². The highest BCUT2D eigenvalue weighted by molar-refractivity contribution is 5.94. The van der Waals surface area contributed by atoms with Crippen LogP contribution >= 0.6 is 0 Å². The molecule has 1 fully saturated rings. The van der Waals surface area contributed by atoms with Crippen molar-refractivity contribution in [3.8, 4) is 0 Å². The van der Waals surface area contributed by atoms with Crippen LogP contribution in [0.25, 0.3) is 0 Å². The molecule has 1 saturated heterocycles. The van der Waals surface area contributed by atoms with Crippen LogP contribution in [0.3, 0.4) is 0 Å². The summed E-state index contributed by atoms with van der Waals surface area (Å²) in [6, 6.07) is 0. The van der Waals surface area contributed by atoms with Crippen LogP contribution in [0.4, 0.5) is 0 Å². The number of rotatable bonds is 4. The number of carboxylic acid groups (broad SMARTS) is 1. The van der Waals surface area contributed by atoms with Gasteiger partial charge < -0.3 is 20.7 Å². The minimum atomic E-state index is -1.01. The summed E-state index contributed by atoms with van der Waals surface area (Å²) >= 11 is 0. The minimum absolute atomic E-state index is 0.192. The van der Waals surface area contributed by atoms with Crippen molar-refractivity contribution in [2.45, 2.75) is 26.7 Å². The van der Waals surface area contributed by atoms with Gasteiger partial charge in [0.2, 0.25) is 0 Å². The maximum Gasteiger partial charge on any atom is 0.337 e. The van der Waals surface area contributed by atoms with Gasteiger partial charge in [0.15, 0.2) is 6.29 Å². The Bertz CT molecular complexity index is 462. The first-order valence-electron chi connectivity index (χ1n) is 6.81. The third-order valence-electron chi connectivity index (χ3n) is 3.45. The topological polar surface area (TPSA) is 99.4 Å². The van der Waals surface area contributed by atoms with E-state index in [0.29, 0.717) is 23.2 Å². The lowest BCUT2D eigenvalue weighted by molar-refractivity contribution is 0.0695. The predicted octanol–water partition coefficient (Wildman–Crippen LogP) is 1.18. The number of hydrogen-bond donors (Lipinski definition) is 3. The summed E-state index contributed by atoms with van der Waals surface area (Å²) in [7, 11) is 0.